The zero-order valence-corrected chi connectivity index (χ0v) is 18.4. The van der Waals surface area contributed by atoms with Gasteiger partial charge in [-0.3, -0.25) is 14.2 Å². The topological polar surface area (TPSA) is 96.2 Å². The molecule has 1 aromatic heterocycles. The molecule has 1 amide bonds. The zero-order chi connectivity index (χ0) is 23.4. The Morgan fingerprint density at radius 3 is 2.64 bits per heavy atom. The summed E-state index contributed by atoms with van der Waals surface area (Å²) in [6.45, 7) is 2.59. The van der Waals surface area contributed by atoms with Gasteiger partial charge in [0, 0.05) is 19.1 Å². The molecule has 1 unspecified atom stereocenters. The maximum atomic E-state index is 13.1. The number of benzene rings is 2. The van der Waals surface area contributed by atoms with E-state index in [9.17, 15) is 19.1 Å². The summed E-state index contributed by atoms with van der Waals surface area (Å²) < 4.78 is 14.6. The van der Waals surface area contributed by atoms with Crippen LogP contribution in [0, 0.1) is 5.82 Å². The summed E-state index contributed by atoms with van der Waals surface area (Å²) in [6, 6.07) is 15.4. The smallest absolute Gasteiger partial charge is 0.296 e. The third-order valence-electron chi connectivity index (χ3n) is 5.94. The molecule has 0 aliphatic carbocycles. The van der Waals surface area contributed by atoms with E-state index in [1.807, 2.05) is 37.3 Å². The fourth-order valence-corrected chi connectivity index (χ4v) is 4.11. The van der Waals surface area contributed by atoms with E-state index in [1.165, 1.54) is 16.7 Å². The largest absolute Gasteiger partial charge is 0.501 e. The van der Waals surface area contributed by atoms with Crippen LogP contribution in [0.5, 0.6) is 5.75 Å². The SMILES string of the molecule is C[C@@H](NC1CCCCn2c1nc(C(=O)NCc1ccc(F)cc1)c(O)c2=O)c1ccccc1. The van der Waals surface area contributed by atoms with Crippen LogP contribution >= 0.6 is 0 Å². The summed E-state index contributed by atoms with van der Waals surface area (Å²) in [5, 5.41) is 16.7. The van der Waals surface area contributed by atoms with Crippen LogP contribution in [-0.4, -0.2) is 20.6 Å². The number of aromatic hydroxyl groups is 1. The summed E-state index contributed by atoms with van der Waals surface area (Å²) in [7, 11) is 0. The molecule has 0 radical (unpaired) electrons. The molecule has 0 bridgehead atoms. The minimum atomic E-state index is -0.660. The van der Waals surface area contributed by atoms with Crippen molar-refractivity contribution in [2.75, 3.05) is 0 Å². The first-order valence-corrected chi connectivity index (χ1v) is 11.1. The van der Waals surface area contributed by atoms with Gasteiger partial charge in [0.1, 0.15) is 11.6 Å². The molecule has 4 rings (SSSR count). The summed E-state index contributed by atoms with van der Waals surface area (Å²) in [4.78, 5) is 30.2. The fraction of sp³-hybridized carbons (Fsp3) is 0.320. The number of nitrogens with one attached hydrogen (secondary N) is 2. The van der Waals surface area contributed by atoms with E-state index in [0.717, 1.165) is 24.8 Å². The molecular formula is C25H27FN4O3. The predicted molar refractivity (Wildman–Crippen MR) is 122 cm³/mol. The molecule has 7 nitrogen and oxygen atoms in total. The van der Waals surface area contributed by atoms with E-state index in [0.29, 0.717) is 17.9 Å². The standard InChI is InChI=1S/C25H27FN4O3/c1-16(18-7-3-2-4-8-18)28-20-9-5-6-14-30-23(20)29-21(22(31)25(30)33)24(32)27-15-17-10-12-19(26)13-11-17/h2-4,7-8,10-13,16,20,28,31H,5-6,9,14-15H2,1H3,(H,27,32)/t16-,20?/m1/s1. The number of rotatable bonds is 6. The third kappa shape index (κ3) is 5.12. The van der Waals surface area contributed by atoms with Crippen molar-refractivity contribution in [1.82, 2.24) is 20.2 Å². The Morgan fingerprint density at radius 2 is 1.91 bits per heavy atom. The average Bonchev–Trinajstić information content (AvgIpc) is 3.03. The van der Waals surface area contributed by atoms with Crippen molar-refractivity contribution in [3.8, 4) is 5.75 Å². The number of halogens is 1. The minimum absolute atomic E-state index is 0.00390. The summed E-state index contributed by atoms with van der Waals surface area (Å²) in [5.41, 5.74) is 0.876. The second kappa shape index (κ2) is 9.95. The Labute approximate surface area is 191 Å². The van der Waals surface area contributed by atoms with Crippen LogP contribution in [0.25, 0.3) is 0 Å². The second-order valence-electron chi connectivity index (χ2n) is 8.28. The first kappa shape index (κ1) is 22.7. The molecule has 0 saturated carbocycles. The molecule has 2 heterocycles. The van der Waals surface area contributed by atoms with Gasteiger partial charge in [0.15, 0.2) is 5.69 Å². The average molecular weight is 451 g/mol. The molecule has 2 aromatic carbocycles. The van der Waals surface area contributed by atoms with Crippen molar-refractivity contribution in [1.29, 1.82) is 0 Å². The summed E-state index contributed by atoms with van der Waals surface area (Å²) in [5.74, 6) is -1.24. The van der Waals surface area contributed by atoms with Crippen LogP contribution in [0.15, 0.2) is 59.4 Å². The van der Waals surface area contributed by atoms with Crippen molar-refractivity contribution in [3.63, 3.8) is 0 Å². The number of carbonyl (C=O) groups excluding carboxylic acids is 1. The molecule has 2 atom stereocenters. The Bertz CT molecular complexity index is 1180. The quantitative estimate of drug-likeness (QED) is 0.533. The molecule has 1 aliphatic heterocycles. The van der Waals surface area contributed by atoms with E-state index < -0.39 is 17.2 Å². The predicted octanol–water partition coefficient (Wildman–Crippen LogP) is 3.59. The Kier molecular flexibility index (Phi) is 6.84. The van der Waals surface area contributed by atoms with Gasteiger partial charge in [0.2, 0.25) is 5.75 Å². The lowest BCUT2D eigenvalue weighted by Crippen LogP contribution is -2.35. The van der Waals surface area contributed by atoms with Gasteiger partial charge in [-0.25, -0.2) is 9.37 Å². The van der Waals surface area contributed by atoms with E-state index in [1.54, 1.807) is 12.1 Å². The van der Waals surface area contributed by atoms with Crippen LogP contribution in [-0.2, 0) is 13.1 Å². The van der Waals surface area contributed by atoms with Crippen molar-refractivity contribution in [2.45, 2.75) is 51.4 Å². The van der Waals surface area contributed by atoms with Crippen molar-refractivity contribution in [3.05, 3.63) is 93.4 Å². The number of aromatic nitrogens is 2. The van der Waals surface area contributed by atoms with Gasteiger partial charge in [0.05, 0.1) is 6.04 Å². The van der Waals surface area contributed by atoms with E-state index >= 15 is 0 Å². The fourth-order valence-electron chi connectivity index (χ4n) is 4.11. The second-order valence-corrected chi connectivity index (χ2v) is 8.28. The molecule has 33 heavy (non-hydrogen) atoms. The first-order valence-electron chi connectivity index (χ1n) is 11.1. The third-order valence-corrected chi connectivity index (χ3v) is 5.94. The normalized spacial score (nSPS) is 16.5. The lowest BCUT2D eigenvalue weighted by atomic mass is 10.0. The van der Waals surface area contributed by atoms with Gasteiger partial charge in [-0.15, -0.1) is 0 Å². The molecule has 0 saturated heterocycles. The van der Waals surface area contributed by atoms with Crippen LogP contribution in [0.3, 0.4) is 0 Å². The van der Waals surface area contributed by atoms with E-state index in [4.69, 9.17) is 0 Å². The highest BCUT2D eigenvalue weighted by Gasteiger charge is 2.28. The molecule has 8 heteroatoms. The van der Waals surface area contributed by atoms with Gasteiger partial charge in [-0.05, 0) is 49.4 Å². The highest BCUT2D eigenvalue weighted by Crippen LogP contribution is 2.27. The molecule has 1 aliphatic rings. The Balaban J connectivity index is 1.61. The molecule has 3 aromatic rings. The Morgan fingerprint density at radius 1 is 1.18 bits per heavy atom. The van der Waals surface area contributed by atoms with Crippen LogP contribution in [0.4, 0.5) is 4.39 Å². The van der Waals surface area contributed by atoms with Gasteiger partial charge in [-0.1, -0.05) is 42.5 Å². The summed E-state index contributed by atoms with van der Waals surface area (Å²) >= 11 is 0. The van der Waals surface area contributed by atoms with Crippen molar-refractivity contribution < 1.29 is 14.3 Å². The van der Waals surface area contributed by atoms with Gasteiger partial charge < -0.3 is 15.7 Å². The first-order chi connectivity index (χ1) is 15.9. The highest BCUT2D eigenvalue weighted by molar-refractivity contribution is 5.94. The monoisotopic (exact) mass is 450 g/mol. The number of amides is 1. The molecule has 172 valence electrons. The maximum absolute atomic E-state index is 13.1. The highest BCUT2D eigenvalue weighted by atomic mass is 19.1. The lowest BCUT2D eigenvalue weighted by Gasteiger charge is -2.24. The number of hydrogen-bond donors (Lipinski definition) is 3. The van der Waals surface area contributed by atoms with Crippen LogP contribution < -0.4 is 16.2 Å². The van der Waals surface area contributed by atoms with Gasteiger partial charge in [0.25, 0.3) is 11.5 Å². The lowest BCUT2D eigenvalue weighted by molar-refractivity contribution is 0.0941. The van der Waals surface area contributed by atoms with Crippen molar-refractivity contribution >= 4 is 5.91 Å². The molecule has 0 fully saturated rings. The number of fused-ring (bicyclic) bond motifs is 1. The van der Waals surface area contributed by atoms with E-state index in [2.05, 4.69) is 15.6 Å². The maximum Gasteiger partial charge on any atom is 0.296 e. The molecular weight excluding hydrogens is 423 g/mol. The number of nitrogens with zero attached hydrogens (tertiary/aromatic N) is 2. The summed E-state index contributed by atoms with van der Waals surface area (Å²) in [6.07, 6.45) is 2.42. The minimum Gasteiger partial charge on any atom is -0.501 e. The van der Waals surface area contributed by atoms with E-state index in [-0.39, 0.29) is 30.1 Å². The van der Waals surface area contributed by atoms with Crippen LogP contribution in [0.1, 0.15) is 65.7 Å². The number of carbonyl (C=O) groups is 1. The molecule has 0 spiro atoms. The van der Waals surface area contributed by atoms with Crippen LogP contribution in [0.2, 0.25) is 0 Å². The molecule has 3 N–H and O–H groups in total. The van der Waals surface area contributed by atoms with Gasteiger partial charge >= 0.3 is 0 Å². The van der Waals surface area contributed by atoms with Gasteiger partial charge in [-0.2, -0.15) is 0 Å². The van der Waals surface area contributed by atoms with Crippen molar-refractivity contribution in [2.24, 2.45) is 0 Å². The zero-order valence-electron chi connectivity index (χ0n) is 18.4. The Hall–Kier alpha value is -3.52. The number of hydrogen-bond acceptors (Lipinski definition) is 5.